The van der Waals surface area contributed by atoms with E-state index in [9.17, 15) is 44.4 Å². The maximum atomic E-state index is 14.0. The number of carbonyl (C=O) groups is 5. The Labute approximate surface area is 257 Å². The molecule has 236 valence electrons. The number of rotatable bonds is 7. The van der Waals surface area contributed by atoms with Crippen molar-refractivity contribution in [1.82, 2.24) is 10.2 Å². The van der Waals surface area contributed by atoms with Gasteiger partial charge in [0.1, 0.15) is 29.4 Å². The van der Waals surface area contributed by atoms with E-state index in [0.717, 1.165) is 0 Å². The van der Waals surface area contributed by atoms with Crippen LogP contribution in [-0.4, -0.2) is 93.6 Å². The van der Waals surface area contributed by atoms with Gasteiger partial charge in [-0.15, -0.1) is 0 Å². The molecule has 3 aliphatic rings. The third kappa shape index (κ3) is 4.93. The van der Waals surface area contributed by atoms with Gasteiger partial charge in [0.25, 0.3) is 11.8 Å². The van der Waals surface area contributed by atoms with Gasteiger partial charge in [0, 0.05) is 17.1 Å². The van der Waals surface area contributed by atoms with Gasteiger partial charge in [-0.1, -0.05) is 18.2 Å². The lowest BCUT2D eigenvalue weighted by Gasteiger charge is -2.50. The minimum Gasteiger partial charge on any atom is -0.508 e. The summed E-state index contributed by atoms with van der Waals surface area (Å²) in [7, 11) is 3.05. The number of nitrogens with zero attached hydrogens (tertiary/aromatic N) is 1. The molecule has 45 heavy (non-hydrogen) atoms. The third-order valence-electron chi connectivity index (χ3n) is 8.74. The van der Waals surface area contributed by atoms with E-state index in [1.54, 1.807) is 37.3 Å². The van der Waals surface area contributed by atoms with Crippen LogP contribution in [0.3, 0.4) is 0 Å². The second kappa shape index (κ2) is 11.5. The van der Waals surface area contributed by atoms with Crippen LogP contribution in [0.1, 0.15) is 34.8 Å². The monoisotopic (exact) mass is 619 g/mol. The lowest BCUT2D eigenvalue weighted by atomic mass is 9.57. The summed E-state index contributed by atoms with van der Waals surface area (Å²) < 4.78 is 4.84. The van der Waals surface area contributed by atoms with Gasteiger partial charge in [-0.3, -0.25) is 28.9 Å². The largest absolute Gasteiger partial charge is 0.508 e. The van der Waals surface area contributed by atoms with Crippen LogP contribution in [0.4, 0.5) is 0 Å². The quantitative estimate of drug-likeness (QED) is 0.189. The van der Waals surface area contributed by atoms with E-state index in [2.05, 4.69) is 5.32 Å². The highest BCUT2D eigenvalue weighted by atomic mass is 16.5. The first-order valence-corrected chi connectivity index (χ1v) is 14.3. The van der Waals surface area contributed by atoms with Crippen LogP contribution < -0.4 is 11.1 Å². The number of esters is 1. The molecule has 0 aromatic heterocycles. The molecule has 1 saturated carbocycles. The number of benzene rings is 2. The van der Waals surface area contributed by atoms with Crippen molar-refractivity contribution in [2.24, 2.45) is 17.6 Å². The van der Waals surface area contributed by atoms with Crippen molar-refractivity contribution in [3.63, 3.8) is 0 Å². The van der Waals surface area contributed by atoms with Crippen LogP contribution in [0.25, 0.3) is 16.9 Å². The normalized spacial score (nSPS) is 24.2. The average Bonchev–Trinajstić information content (AvgIpc) is 2.97. The molecule has 5 rings (SSSR count). The molecule has 0 radical (unpaired) electrons. The van der Waals surface area contributed by atoms with Crippen molar-refractivity contribution in [3.8, 4) is 16.9 Å². The molecule has 13 heteroatoms. The van der Waals surface area contributed by atoms with Gasteiger partial charge in [0.2, 0.25) is 5.78 Å². The molecule has 0 heterocycles. The molecular formula is C32H33N3O10. The zero-order chi connectivity index (χ0) is 33.0. The van der Waals surface area contributed by atoms with Crippen LogP contribution in [0.2, 0.25) is 0 Å². The van der Waals surface area contributed by atoms with Crippen molar-refractivity contribution in [3.05, 3.63) is 70.0 Å². The first kappa shape index (κ1) is 31.4. The molecule has 0 saturated heterocycles. The molecular weight excluding hydrogens is 586 g/mol. The molecule has 3 aliphatic carbocycles. The van der Waals surface area contributed by atoms with Crippen molar-refractivity contribution in [2.45, 2.75) is 31.4 Å². The second-order valence-corrected chi connectivity index (χ2v) is 11.5. The fraction of sp³-hybridized carbons (Fsp3) is 0.344. The summed E-state index contributed by atoms with van der Waals surface area (Å²) in [6, 6.07) is 8.18. The number of nitrogens with one attached hydrogen (secondary N) is 1. The van der Waals surface area contributed by atoms with Crippen molar-refractivity contribution < 1.29 is 49.1 Å². The van der Waals surface area contributed by atoms with Gasteiger partial charge in [0.15, 0.2) is 11.4 Å². The maximum Gasteiger partial charge on any atom is 0.325 e. The SMILES string of the molecule is CCOC(=O)CNC(=O)c1cccc(-c2ccc(O)c3c2C[C@@H]2C[C@@H]4[C@@H](N(C)C)C(=O)C(C(N)=O)=C(O)[C@]4(O)C(=O)C2=C3O)c1. The van der Waals surface area contributed by atoms with Crippen molar-refractivity contribution in [1.29, 1.82) is 0 Å². The Balaban J connectivity index is 1.60. The van der Waals surface area contributed by atoms with Gasteiger partial charge in [-0.2, -0.15) is 0 Å². The number of hydrogen-bond donors (Lipinski definition) is 6. The van der Waals surface area contributed by atoms with Crippen LogP contribution in [-0.2, 0) is 30.3 Å². The average molecular weight is 620 g/mol. The number of aromatic hydroxyl groups is 1. The summed E-state index contributed by atoms with van der Waals surface area (Å²) in [5.41, 5.74) is 3.17. The number of phenols is 1. The number of nitrogens with two attached hydrogens (primary N) is 1. The molecule has 13 nitrogen and oxygen atoms in total. The topological polar surface area (TPSA) is 217 Å². The van der Waals surface area contributed by atoms with E-state index < -0.39 is 69.9 Å². The Bertz CT molecular complexity index is 1730. The predicted octanol–water partition coefficient (Wildman–Crippen LogP) is 0.924. The molecule has 1 fully saturated rings. The molecule has 0 bridgehead atoms. The van der Waals surface area contributed by atoms with Crippen molar-refractivity contribution in [2.75, 3.05) is 27.2 Å². The first-order chi connectivity index (χ1) is 21.2. The Morgan fingerprint density at radius 3 is 2.47 bits per heavy atom. The summed E-state index contributed by atoms with van der Waals surface area (Å²) in [5.74, 6) is -8.46. The smallest absolute Gasteiger partial charge is 0.325 e. The lowest BCUT2D eigenvalue weighted by Crippen LogP contribution is -2.65. The van der Waals surface area contributed by atoms with Gasteiger partial charge in [-0.25, -0.2) is 0 Å². The van der Waals surface area contributed by atoms with E-state index in [1.807, 2.05) is 0 Å². The van der Waals surface area contributed by atoms with Gasteiger partial charge < -0.3 is 36.2 Å². The van der Waals surface area contributed by atoms with Crippen LogP contribution >= 0.6 is 0 Å². The molecule has 7 N–H and O–H groups in total. The number of primary amides is 1. The zero-order valence-corrected chi connectivity index (χ0v) is 24.8. The Kier molecular flexibility index (Phi) is 8.02. The molecule has 4 atom stereocenters. The van der Waals surface area contributed by atoms with E-state index in [-0.39, 0.29) is 48.4 Å². The number of likely N-dealkylation sites (N-methyl/N-ethyl adjacent to an activating group) is 1. The number of aliphatic hydroxyl groups is 3. The standard InChI is InChI=1S/C32H33N3O10/c1-4-45-21(37)13-34-31(43)15-7-5-6-14(10-15)17-8-9-20(36)23-18(17)11-16-12-19-25(35(2)3)27(39)24(30(33)42)29(41)32(19,44)28(40)22(16)26(23)38/h5-10,16,19,25,36,38,41,44H,4,11-13H2,1-3H3,(H2,33,42)(H,34,43)/t16-,19-,25-,32-/m1/s1. The van der Waals surface area contributed by atoms with Gasteiger partial charge in [-0.05, 0) is 74.7 Å². The molecule has 0 unspecified atom stereocenters. The number of ketones is 2. The maximum absolute atomic E-state index is 14.0. The number of carbonyl (C=O) groups excluding carboxylic acids is 5. The number of Topliss-reactive ketones (excluding diaryl/α,β-unsaturated/α-hetero) is 2. The second-order valence-electron chi connectivity index (χ2n) is 11.5. The fourth-order valence-electron chi connectivity index (χ4n) is 6.81. The van der Waals surface area contributed by atoms with Crippen LogP contribution in [0.15, 0.2) is 53.3 Å². The highest BCUT2D eigenvalue weighted by molar-refractivity contribution is 6.24. The Morgan fingerprint density at radius 2 is 1.82 bits per heavy atom. The predicted molar refractivity (Wildman–Crippen MR) is 159 cm³/mol. The fourth-order valence-corrected chi connectivity index (χ4v) is 6.81. The van der Waals surface area contributed by atoms with E-state index in [1.165, 1.54) is 25.1 Å². The van der Waals surface area contributed by atoms with Crippen molar-refractivity contribution >= 4 is 35.1 Å². The van der Waals surface area contributed by atoms with E-state index in [0.29, 0.717) is 16.7 Å². The summed E-state index contributed by atoms with van der Waals surface area (Å²) in [4.78, 5) is 65.4. The molecule has 2 aromatic rings. The van der Waals surface area contributed by atoms with Gasteiger partial charge in [0.05, 0.1) is 18.2 Å². The van der Waals surface area contributed by atoms with Gasteiger partial charge >= 0.3 is 5.97 Å². The minimum absolute atomic E-state index is 0.0584. The van der Waals surface area contributed by atoms with Crippen LogP contribution in [0.5, 0.6) is 5.75 Å². The highest BCUT2D eigenvalue weighted by Gasteiger charge is 2.64. The Hall–Kier alpha value is -5.01. The molecule has 0 spiro atoms. The molecule has 0 aliphatic heterocycles. The highest BCUT2D eigenvalue weighted by Crippen LogP contribution is 2.53. The first-order valence-electron chi connectivity index (χ1n) is 14.3. The summed E-state index contributed by atoms with van der Waals surface area (Å²) >= 11 is 0. The third-order valence-corrected chi connectivity index (χ3v) is 8.74. The number of ether oxygens (including phenoxy) is 1. The van der Waals surface area contributed by atoms with Crippen LogP contribution in [0, 0.1) is 11.8 Å². The minimum atomic E-state index is -2.73. The number of aliphatic hydroxyl groups excluding tert-OH is 2. The number of hydrogen-bond acceptors (Lipinski definition) is 11. The Morgan fingerprint density at radius 1 is 1.11 bits per heavy atom. The summed E-state index contributed by atoms with van der Waals surface area (Å²) in [6.45, 7) is 1.50. The summed E-state index contributed by atoms with van der Waals surface area (Å²) in [5, 5.41) is 47.6. The van der Waals surface area contributed by atoms with E-state index >= 15 is 0 Å². The molecule has 2 amide bonds. The lowest BCUT2D eigenvalue weighted by molar-refractivity contribution is -0.153. The zero-order valence-electron chi connectivity index (χ0n) is 24.8. The summed E-state index contributed by atoms with van der Waals surface area (Å²) in [6.07, 6.45) is 0.0225. The number of fused-ring (bicyclic) bond motifs is 3. The van der Waals surface area contributed by atoms with E-state index in [4.69, 9.17) is 10.5 Å². The number of amides is 2. The molecule has 2 aromatic carbocycles. The number of phenolic OH excluding ortho intramolecular Hbond substituents is 1.